The highest BCUT2D eigenvalue weighted by Crippen LogP contribution is 2.46. The SMILES string of the molecule is Cc1ccc(C2C(=O)Oc3c2cc(CCC(=O)NCCOC(=O)CCCCCOC(CCCCCCCCCCC=O)C(=O)CCCCCO)cc3C(C)(C)C)cc1C. The van der Waals surface area contributed by atoms with Crippen molar-refractivity contribution in [3.63, 3.8) is 0 Å². The summed E-state index contributed by atoms with van der Waals surface area (Å²) in [6, 6.07) is 10.1. The number of carbonyl (C=O) groups excluding carboxylic acids is 5. The second-order valence-electron chi connectivity index (χ2n) is 17.3. The Morgan fingerprint density at radius 2 is 1.49 bits per heavy atom. The summed E-state index contributed by atoms with van der Waals surface area (Å²) in [5.41, 5.74) is 5.65. The molecule has 1 aliphatic heterocycles. The van der Waals surface area contributed by atoms with Crippen molar-refractivity contribution in [1.29, 1.82) is 0 Å². The number of unbranched alkanes of at least 4 members (excludes halogenated alkanes) is 12. The van der Waals surface area contributed by atoms with Gasteiger partial charge in [0, 0.05) is 50.0 Å². The lowest BCUT2D eigenvalue weighted by atomic mass is 9.81. The summed E-state index contributed by atoms with van der Waals surface area (Å²) >= 11 is 0. The number of nitrogens with one attached hydrogen (secondary N) is 1. The molecular formula is C49H73NO9. The zero-order valence-electron chi connectivity index (χ0n) is 36.8. The highest BCUT2D eigenvalue weighted by atomic mass is 16.5. The molecule has 0 radical (unpaired) electrons. The fourth-order valence-electron chi connectivity index (χ4n) is 7.54. The lowest BCUT2D eigenvalue weighted by Crippen LogP contribution is -2.28. The number of ether oxygens (including phenoxy) is 3. The molecule has 0 saturated carbocycles. The van der Waals surface area contributed by atoms with Gasteiger partial charge in [0.05, 0.1) is 6.54 Å². The van der Waals surface area contributed by atoms with E-state index in [2.05, 4.69) is 32.2 Å². The second-order valence-corrected chi connectivity index (χ2v) is 17.3. The van der Waals surface area contributed by atoms with E-state index >= 15 is 0 Å². The Bertz CT molecular complexity index is 1630. The summed E-state index contributed by atoms with van der Waals surface area (Å²) < 4.78 is 17.3. The van der Waals surface area contributed by atoms with Crippen LogP contribution < -0.4 is 10.1 Å². The van der Waals surface area contributed by atoms with Gasteiger partial charge in [-0.2, -0.15) is 0 Å². The minimum absolute atomic E-state index is 0.0985. The van der Waals surface area contributed by atoms with E-state index in [1.165, 1.54) is 12.8 Å². The normalized spacial score (nSPS) is 14.1. The molecule has 2 aromatic rings. The first-order valence-electron chi connectivity index (χ1n) is 22.4. The van der Waals surface area contributed by atoms with E-state index in [1.807, 2.05) is 38.1 Å². The molecule has 2 aromatic carbocycles. The maximum atomic E-state index is 13.2. The topological polar surface area (TPSA) is 145 Å². The van der Waals surface area contributed by atoms with Crippen molar-refractivity contribution in [1.82, 2.24) is 5.32 Å². The van der Waals surface area contributed by atoms with Gasteiger partial charge in [0.1, 0.15) is 30.7 Å². The number of ketones is 1. The molecule has 0 fully saturated rings. The lowest BCUT2D eigenvalue weighted by molar-refractivity contribution is -0.144. The van der Waals surface area contributed by atoms with Crippen LogP contribution in [0.1, 0.15) is 182 Å². The average molecular weight is 820 g/mol. The molecule has 0 spiro atoms. The maximum absolute atomic E-state index is 13.2. The molecule has 0 aromatic heterocycles. The van der Waals surface area contributed by atoms with Gasteiger partial charge in [-0.05, 0) is 86.5 Å². The molecule has 1 amide bonds. The van der Waals surface area contributed by atoms with Crippen LogP contribution in [0.4, 0.5) is 0 Å². The maximum Gasteiger partial charge on any atom is 0.323 e. The first kappa shape index (κ1) is 49.5. The zero-order chi connectivity index (χ0) is 43.0. The average Bonchev–Trinajstić information content (AvgIpc) is 3.53. The number of carbonyl (C=O) groups is 5. The standard InChI is InChI=1S/C49H73NO9/c1-36-24-26-39(33-37(36)2)46-40-34-38(35-41(49(3,4)5)47(40)59-48(46)56)25-27-44(54)50-28-32-58-45(55)23-17-14-20-31-57-43(42(53)21-15-13-19-30-52)22-16-11-9-7-6-8-10-12-18-29-51/h24,26,29,33-35,43,46,52H,6-23,25,27-28,30-32H2,1-5H3,(H,50,54). The summed E-state index contributed by atoms with van der Waals surface area (Å²) in [5, 5.41) is 11.9. The molecule has 1 heterocycles. The van der Waals surface area contributed by atoms with Crippen molar-refractivity contribution in [3.8, 4) is 5.75 Å². The van der Waals surface area contributed by atoms with Crippen molar-refractivity contribution in [2.45, 2.75) is 180 Å². The highest BCUT2D eigenvalue weighted by molar-refractivity contribution is 5.90. The molecule has 0 saturated heterocycles. The van der Waals surface area contributed by atoms with Gasteiger partial charge in [-0.1, -0.05) is 109 Å². The molecular weight excluding hydrogens is 747 g/mol. The van der Waals surface area contributed by atoms with Crippen LogP contribution in [0.5, 0.6) is 5.75 Å². The fraction of sp³-hybridized carbons (Fsp3) is 0.653. The summed E-state index contributed by atoms with van der Waals surface area (Å²) in [4.78, 5) is 61.7. The van der Waals surface area contributed by atoms with Crippen LogP contribution in [0.2, 0.25) is 0 Å². The lowest BCUT2D eigenvalue weighted by Gasteiger charge is -2.23. The first-order chi connectivity index (χ1) is 28.3. The third-order valence-electron chi connectivity index (χ3n) is 11.3. The summed E-state index contributed by atoms with van der Waals surface area (Å²) in [7, 11) is 0. The number of Topliss-reactive ketones (excluding diaryl/α,β-unsaturated/α-hetero) is 1. The van der Waals surface area contributed by atoms with E-state index in [9.17, 15) is 24.0 Å². The number of rotatable bonds is 31. The van der Waals surface area contributed by atoms with Crippen molar-refractivity contribution in [2.75, 3.05) is 26.4 Å². The van der Waals surface area contributed by atoms with Crippen molar-refractivity contribution in [3.05, 3.63) is 63.7 Å². The molecule has 0 aliphatic carbocycles. The van der Waals surface area contributed by atoms with Crippen molar-refractivity contribution in [2.24, 2.45) is 0 Å². The Kier molecular flexibility index (Phi) is 22.7. The predicted molar refractivity (Wildman–Crippen MR) is 232 cm³/mol. The van der Waals surface area contributed by atoms with Gasteiger partial charge in [-0.3, -0.25) is 19.2 Å². The molecule has 0 bridgehead atoms. The number of aldehydes is 1. The Balaban J connectivity index is 1.34. The van der Waals surface area contributed by atoms with Gasteiger partial charge in [0.25, 0.3) is 0 Å². The quantitative estimate of drug-likeness (QED) is 0.0329. The fourth-order valence-corrected chi connectivity index (χ4v) is 7.54. The Morgan fingerprint density at radius 3 is 2.19 bits per heavy atom. The Labute approximate surface area is 353 Å². The molecule has 3 rings (SSSR count). The predicted octanol–water partition coefficient (Wildman–Crippen LogP) is 9.41. The largest absolute Gasteiger partial charge is 0.464 e. The van der Waals surface area contributed by atoms with Crippen molar-refractivity contribution >= 4 is 29.9 Å². The van der Waals surface area contributed by atoms with Gasteiger partial charge < -0.3 is 29.4 Å². The number of aryl methyl sites for hydroxylation is 3. The number of benzene rings is 2. The molecule has 10 heteroatoms. The number of amides is 1. The van der Waals surface area contributed by atoms with Crippen LogP contribution in [0, 0.1) is 13.8 Å². The van der Waals surface area contributed by atoms with Crippen LogP contribution in [-0.2, 0) is 45.3 Å². The van der Waals surface area contributed by atoms with Gasteiger partial charge in [0.2, 0.25) is 5.91 Å². The highest BCUT2D eigenvalue weighted by Gasteiger charge is 2.38. The van der Waals surface area contributed by atoms with E-state index in [-0.39, 0.29) is 61.6 Å². The number of aliphatic hydroxyl groups excluding tert-OH is 1. The van der Waals surface area contributed by atoms with Crippen LogP contribution in [0.25, 0.3) is 0 Å². The molecule has 2 atom stereocenters. The van der Waals surface area contributed by atoms with E-state index in [0.717, 1.165) is 110 Å². The molecule has 2 N–H and O–H groups in total. The number of hydrogen-bond donors (Lipinski definition) is 2. The van der Waals surface area contributed by atoms with Crippen LogP contribution in [-0.4, -0.2) is 67.5 Å². The minimum Gasteiger partial charge on any atom is -0.464 e. The first-order valence-corrected chi connectivity index (χ1v) is 22.4. The smallest absolute Gasteiger partial charge is 0.323 e. The number of fused-ring (bicyclic) bond motifs is 1. The third kappa shape index (κ3) is 18.1. The van der Waals surface area contributed by atoms with Gasteiger partial charge in [-0.25, -0.2) is 0 Å². The van der Waals surface area contributed by atoms with Crippen molar-refractivity contribution < 1.29 is 43.3 Å². The third-order valence-corrected chi connectivity index (χ3v) is 11.3. The molecule has 2 unspecified atom stereocenters. The summed E-state index contributed by atoms with van der Waals surface area (Å²) in [5.74, 6) is -0.476. The summed E-state index contributed by atoms with van der Waals surface area (Å²) in [6.07, 6.45) is 16.7. The van der Waals surface area contributed by atoms with Crippen LogP contribution >= 0.6 is 0 Å². The minimum atomic E-state index is -0.512. The zero-order valence-corrected chi connectivity index (χ0v) is 36.8. The van der Waals surface area contributed by atoms with Crippen LogP contribution in [0.15, 0.2) is 30.3 Å². The Morgan fingerprint density at radius 1 is 0.814 bits per heavy atom. The number of aliphatic hydroxyl groups is 1. The van der Waals surface area contributed by atoms with Gasteiger partial charge in [-0.15, -0.1) is 0 Å². The molecule has 59 heavy (non-hydrogen) atoms. The van der Waals surface area contributed by atoms with Crippen LogP contribution in [0.3, 0.4) is 0 Å². The molecule has 328 valence electrons. The molecule has 10 nitrogen and oxygen atoms in total. The Hall–Kier alpha value is -3.89. The van der Waals surface area contributed by atoms with Gasteiger partial charge in [0.15, 0.2) is 5.78 Å². The number of esters is 2. The van der Waals surface area contributed by atoms with E-state index < -0.39 is 12.0 Å². The second kappa shape index (κ2) is 27.1. The summed E-state index contributed by atoms with van der Waals surface area (Å²) in [6.45, 7) is 11.3. The molecule has 1 aliphatic rings. The van der Waals surface area contributed by atoms with E-state index in [0.29, 0.717) is 44.5 Å². The monoisotopic (exact) mass is 820 g/mol. The van der Waals surface area contributed by atoms with E-state index in [1.54, 1.807) is 0 Å². The van der Waals surface area contributed by atoms with Gasteiger partial charge >= 0.3 is 11.9 Å². The number of hydrogen-bond acceptors (Lipinski definition) is 9. The van der Waals surface area contributed by atoms with E-state index in [4.69, 9.17) is 19.3 Å².